The van der Waals surface area contributed by atoms with Gasteiger partial charge in [0.05, 0.1) is 25.8 Å². The normalized spacial score (nSPS) is 16.2. The summed E-state index contributed by atoms with van der Waals surface area (Å²) in [5.74, 6) is 3.61. The Kier molecular flexibility index (Phi) is 5.52. The highest BCUT2D eigenvalue weighted by Crippen LogP contribution is 2.37. The minimum atomic E-state index is 0.0596. The largest absolute Gasteiger partial charge is 0.493 e. The number of hydrogen-bond donors (Lipinski definition) is 1. The molecule has 0 unspecified atom stereocenters. The molecule has 5 rings (SSSR count). The molecule has 1 fully saturated rings. The summed E-state index contributed by atoms with van der Waals surface area (Å²) in [5.41, 5.74) is 4.38. The second kappa shape index (κ2) is 8.61. The summed E-state index contributed by atoms with van der Waals surface area (Å²) in [7, 11) is 1.66. The van der Waals surface area contributed by atoms with Gasteiger partial charge in [-0.1, -0.05) is 24.3 Å². The van der Waals surface area contributed by atoms with Crippen LogP contribution in [0.3, 0.4) is 0 Å². The van der Waals surface area contributed by atoms with Crippen molar-refractivity contribution in [2.45, 2.75) is 32.7 Å². The standard InChI is InChI=1S/C26H28N4O2/c1-16(19-5-4-6-20(11-19)21-9-10-27-14-21)28-26-22-12-25(32-15-18-7-8-18)24(31-3)13-23(22)29-17(2)30-26/h4-6,9,11-14,16,18H,7-8,10,15H2,1-3H3,(H,28,29,30)/t16-/m1/s1. The van der Waals surface area contributed by atoms with Gasteiger partial charge in [0, 0.05) is 23.7 Å². The van der Waals surface area contributed by atoms with Crippen LogP contribution < -0.4 is 14.8 Å². The first-order valence-corrected chi connectivity index (χ1v) is 11.2. The smallest absolute Gasteiger partial charge is 0.162 e. The van der Waals surface area contributed by atoms with Gasteiger partial charge >= 0.3 is 0 Å². The van der Waals surface area contributed by atoms with Crippen molar-refractivity contribution in [3.63, 3.8) is 0 Å². The van der Waals surface area contributed by atoms with E-state index in [0.29, 0.717) is 17.5 Å². The van der Waals surface area contributed by atoms with E-state index in [1.807, 2.05) is 25.3 Å². The molecule has 32 heavy (non-hydrogen) atoms. The topological polar surface area (TPSA) is 68.6 Å². The predicted octanol–water partition coefficient (Wildman–Crippen LogP) is 5.38. The number of ether oxygens (including phenoxy) is 2. The van der Waals surface area contributed by atoms with Gasteiger partial charge in [0.25, 0.3) is 0 Å². The molecule has 0 amide bonds. The van der Waals surface area contributed by atoms with Crippen molar-refractivity contribution in [2.75, 3.05) is 25.6 Å². The third-order valence-corrected chi connectivity index (χ3v) is 5.98. The summed E-state index contributed by atoms with van der Waals surface area (Å²) in [6, 6.07) is 12.6. The third kappa shape index (κ3) is 4.31. The first-order chi connectivity index (χ1) is 15.6. The lowest BCUT2D eigenvalue weighted by Gasteiger charge is -2.19. The Hall–Kier alpha value is -3.41. The van der Waals surface area contributed by atoms with E-state index in [2.05, 4.69) is 52.6 Å². The van der Waals surface area contributed by atoms with E-state index in [4.69, 9.17) is 14.5 Å². The van der Waals surface area contributed by atoms with E-state index >= 15 is 0 Å². The zero-order valence-electron chi connectivity index (χ0n) is 18.8. The molecule has 3 aromatic rings. The highest BCUT2D eigenvalue weighted by molar-refractivity contribution is 6.11. The Bertz CT molecular complexity index is 1210. The van der Waals surface area contributed by atoms with Crippen LogP contribution in [-0.2, 0) is 0 Å². The number of aryl methyl sites for hydroxylation is 1. The maximum absolute atomic E-state index is 6.08. The van der Waals surface area contributed by atoms with Gasteiger partial charge in [0.15, 0.2) is 11.5 Å². The summed E-state index contributed by atoms with van der Waals surface area (Å²) < 4.78 is 11.7. The van der Waals surface area contributed by atoms with E-state index in [1.165, 1.54) is 29.5 Å². The van der Waals surface area contributed by atoms with Crippen LogP contribution >= 0.6 is 0 Å². The number of nitrogens with one attached hydrogen (secondary N) is 1. The molecule has 1 aliphatic heterocycles. The lowest BCUT2D eigenvalue weighted by Crippen LogP contribution is -2.10. The van der Waals surface area contributed by atoms with Crippen molar-refractivity contribution in [3.05, 3.63) is 59.4 Å². The predicted molar refractivity (Wildman–Crippen MR) is 129 cm³/mol. The van der Waals surface area contributed by atoms with Crippen molar-refractivity contribution >= 4 is 28.5 Å². The molecule has 1 atom stereocenters. The Labute approximate surface area is 188 Å². The zero-order chi connectivity index (χ0) is 22.1. The molecule has 0 saturated heterocycles. The highest BCUT2D eigenvalue weighted by Gasteiger charge is 2.23. The van der Waals surface area contributed by atoms with Gasteiger partial charge in [-0.2, -0.15) is 0 Å². The molecule has 2 heterocycles. The molecule has 6 nitrogen and oxygen atoms in total. The van der Waals surface area contributed by atoms with E-state index in [-0.39, 0.29) is 6.04 Å². The quantitative estimate of drug-likeness (QED) is 0.522. The Morgan fingerprint density at radius 3 is 2.75 bits per heavy atom. The number of aromatic nitrogens is 2. The molecule has 0 bridgehead atoms. The van der Waals surface area contributed by atoms with Crippen LogP contribution in [0.2, 0.25) is 0 Å². The molecular formula is C26H28N4O2. The summed E-state index contributed by atoms with van der Waals surface area (Å²) >= 11 is 0. The maximum atomic E-state index is 6.08. The highest BCUT2D eigenvalue weighted by atomic mass is 16.5. The number of anilines is 1. The second-order valence-electron chi connectivity index (χ2n) is 8.54. The molecule has 2 aromatic carbocycles. The SMILES string of the molecule is COc1cc2nc(C)nc(N[C@H](C)c3cccc(C4=CCN=C4)c3)c2cc1OCC1CC1. The van der Waals surface area contributed by atoms with Gasteiger partial charge < -0.3 is 14.8 Å². The van der Waals surface area contributed by atoms with Crippen LogP contribution in [0.5, 0.6) is 11.5 Å². The number of rotatable bonds is 8. The van der Waals surface area contributed by atoms with E-state index in [9.17, 15) is 0 Å². The van der Waals surface area contributed by atoms with Crippen molar-refractivity contribution in [2.24, 2.45) is 10.9 Å². The van der Waals surface area contributed by atoms with Crippen LogP contribution in [0.4, 0.5) is 5.82 Å². The zero-order valence-corrected chi connectivity index (χ0v) is 18.8. The average molecular weight is 429 g/mol. The summed E-state index contributed by atoms with van der Waals surface area (Å²) in [6.07, 6.45) is 6.57. The Morgan fingerprint density at radius 1 is 1.12 bits per heavy atom. The van der Waals surface area contributed by atoms with Gasteiger partial charge in [-0.05, 0) is 61.4 Å². The molecule has 164 valence electrons. The number of benzene rings is 2. The molecule has 0 spiro atoms. The third-order valence-electron chi connectivity index (χ3n) is 5.98. The van der Waals surface area contributed by atoms with Gasteiger partial charge in [0.1, 0.15) is 11.6 Å². The monoisotopic (exact) mass is 428 g/mol. The van der Waals surface area contributed by atoms with E-state index in [0.717, 1.165) is 35.6 Å². The number of fused-ring (bicyclic) bond motifs is 1. The van der Waals surface area contributed by atoms with Gasteiger partial charge in [-0.25, -0.2) is 9.97 Å². The summed E-state index contributed by atoms with van der Waals surface area (Å²) in [5, 5.41) is 4.53. The van der Waals surface area contributed by atoms with Crippen molar-refractivity contribution in [1.29, 1.82) is 0 Å². The first-order valence-electron chi connectivity index (χ1n) is 11.2. The lowest BCUT2D eigenvalue weighted by molar-refractivity contribution is 0.281. The van der Waals surface area contributed by atoms with Crippen molar-refractivity contribution < 1.29 is 9.47 Å². The minimum Gasteiger partial charge on any atom is -0.493 e. The summed E-state index contributed by atoms with van der Waals surface area (Å²) in [6.45, 7) is 5.53. The number of aliphatic imine (C=N–C) groups is 1. The maximum Gasteiger partial charge on any atom is 0.162 e. The van der Waals surface area contributed by atoms with Gasteiger partial charge in [0.2, 0.25) is 0 Å². The minimum absolute atomic E-state index is 0.0596. The van der Waals surface area contributed by atoms with Crippen LogP contribution in [0.25, 0.3) is 16.5 Å². The number of allylic oxidation sites excluding steroid dienone is 1. The van der Waals surface area contributed by atoms with E-state index < -0.39 is 0 Å². The van der Waals surface area contributed by atoms with Crippen LogP contribution in [-0.4, -0.2) is 36.4 Å². The van der Waals surface area contributed by atoms with Gasteiger partial charge in [-0.15, -0.1) is 0 Å². The van der Waals surface area contributed by atoms with Crippen LogP contribution in [0, 0.1) is 12.8 Å². The molecule has 6 heteroatoms. The van der Waals surface area contributed by atoms with Crippen LogP contribution in [0.1, 0.15) is 42.8 Å². The number of methoxy groups -OCH3 is 1. The lowest BCUT2D eigenvalue weighted by atomic mass is 10.0. The first kappa shape index (κ1) is 20.5. The molecule has 2 aliphatic rings. The molecule has 0 radical (unpaired) electrons. The fraction of sp³-hybridized carbons (Fsp3) is 0.346. The Balaban J connectivity index is 1.46. The fourth-order valence-corrected chi connectivity index (χ4v) is 3.95. The number of nitrogens with zero attached hydrogens (tertiary/aromatic N) is 3. The molecule has 1 N–H and O–H groups in total. The Morgan fingerprint density at radius 2 is 2.00 bits per heavy atom. The number of hydrogen-bond acceptors (Lipinski definition) is 6. The van der Waals surface area contributed by atoms with Crippen molar-refractivity contribution in [3.8, 4) is 11.5 Å². The molecular weight excluding hydrogens is 400 g/mol. The molecule has 1 aromatic heterocycles. The second-order valence-corrected chi connectivity index (χ2v) is 8.54. The average Bonchev–Trinajstić information content (AvgIpc) is 3.47. The summed E-state index contributed by atoms with van der Waals surface area (Å²) in [4.78, 5) is 13.7. The van der Waals surface area contributed by atoms with Crippen molar-refractivity contribution in [1.82, 2.24) is 9.97 Å². The van der Waals surface area contributed by atoms with Gasteiger partial charge in [-0.3, -0.25) is 4.99 Å². The molecule has 1 saturated carbocycles. The van der Waals surface area contributed by atoms with E-state index in [1.54, 1.807) is 7.11 Å². The fourth-order valence-electron chi connectivity index (χ4n) is 3.95. The van der Waals surface area contributed by atoms with Crippen LogP contribution in [0.15, 0.2) is 47.5 Å². The molecule has 1 aliphatic carbocycles.